The highest BCUT2D eigenvalue weighted by Crippen LogP contribution is 2.21. The number of pyridine rings is 1. The molecule has 0 atom stereocenters. The molecule has 2 rings (SSSR count). The summed E-state index contributed by atoms with van der Waals surface area (Å²) < 4.78 is 0. The van der Waals surface area contributed by atoms with Gasteiger partial charge in [-0.05, 0) is 11.6 Å². The van der Waals surface area contributed by atoms with Gasteiger partial charge in [0, 0.05) is 19.8 Å². The van der Waals surface area contributed by atoms with E-state index >= 15 is 0 Å². The Morgan fingerprint density at radius 2 is 2.42 bits per heavy atom. The SMILES string of the molecule is CN1Cc2cc(N)ncc2C1=O. The van der Waals surface area contributed by atoms with Gasteiger partial charge in [0.25, 0.3) is 5.91 Å². The van der Waals surface area contributed by atoms with Crippen molar-refractivity contribution in [1.29, 1.82) is 0 Å². The number of nitrogens with zero attached hydrogens (tertiary/aromatic N) is 2. The van der Waals surface area contributed by atoms with Crippen molar-refractivity contribution in [2.24, 2.45) is 0 Å². The molecule has 0 unspecified atom stereocenters. The third-order valence-electron chi connectivity index (χ3n) is 2.00. The Hall–Kier alpha value is -1.58. The lowest BCUT2D eigenvalue weighted by atomic mass is 10.2. The molecule has 2 heterocycles. The molecule has 0 spiro atoms. The van der Waals surface area contributed by atoms with Crippen LogP contribution in [-0.2, 0) is 6.54 Å². The van der Waals surface area contributed by atoms with Gasteiger partial charge in [-0.15, -0.1) is 0 Å². The van der Waals surface area contributed by atoms with Crippen molar-refractivity contribution < 1.29 is 4.79 Å². The van der Waals surface area contributed by atoms with E-state index in [-0.39, 0.29) is 5.91 Å². The lowest BCUT2D eigenvalue weighted by molar-refractivity contribution is 0.0816. The van der Waals surface area contributed by atoms with Crippen LogP contribution in [-0.4, -0.2) is 22.8 Å². The van der Waals surface area contributed by atoms with Crippen LogP contribution in [0.2, 0.25) is 0 Å². The maximum absolute atomic E-state index is 11.4. The molecule has 0 bridgehead atoms. The van der Waals surface area contributed by atoms with E-state index in [1.165, 1.54) is 6.20 Å². The molecule has 1 aliphatic rings. The zero-order chi connectivity index (χ0) is 8.72. The zero-order valence-corrected chi connectivity index (χ0v) is 6.74. The van der Waals surface area contributed by atoms with Gasteiger partial charge < -0.3 is 10.6 Å². The van der Waals surface area contributed by atoms with E-state index in [1.807, 2.05) is 0 Å². The summed E-state index contributed by atoms with van der Waals surface area (Å²) in [6, 6.07) is 1.75. The molecule has 12 heavy (non-hydrogen) atoms. The molecule has 0 radical (unpaired) electrons. The number of carbonyl (C=O) groups is 1. The first-order valence-corrected chi connectivity index (χ1v) is 3.68. The summed E-state index contributed by atoms with van der Waals surface area (Å²) in [5.41, 5.74) is 7.12. The summed E-state index contributed by atoms with van der Waals surface area (Å²) in [5.74, 6) is 0.495. The number of nitrogens with two attached hydrogens (primary N) is 1. The van der Waals surface area contributed by atoms with Crippen molar-refractivity contribution in [1.82, 2.24) is 9.88 Å². The molecule has 4 heteroatoms. The number of hydrogen-bond acceptors (Lipinski definition) is 3. The van der Waals surface area contributed by atoms with Gasteiger partial charge in [-0.1, -0.05) is 0 Å². The summed E-state index contributed by atoms with van der Waals surface area (Å²) >= 11 is 0. The standard InChI is InChI=1S/C8H9N3O/c1-11-4-5-2-7(9)10-3-6(5)8(11)12/h2-3H,4H2,1H3,(H2,9,10). The van der Waals surface area contributed by atoms with Gasteiger partial charge in [0.1, 0.15) is 5.82 Å². The normalized spacial score (nSPS) is 15.1. The number of anilines is 1. The van der Waals surface area contributed by atoms with Crippen LogP contribution in [0, 0.1) is 0 Å². The molecular formula is C8H9N3O. The van der Waals surface area contributed by atoms with E-state index in [9.17, 15) is 4.79 Å². The fraction of sp³-hybridized carbons (Fsp3) is 0.250. The number of rotatable bonds is 0. The minimum absolute atomic E-state index is 0.0255. The average molecular weight is 163 g/mol. The number of fused-ring (bicyclic) bond motifs is 1. The van der Waals surface area contributed by atoms with E-state index in [4.69, 9.17) is 5.73 Å². The topological polar surface area (TPSA) is 59.2 Å². The van der Waals surface area contributed by atoms with E-state index in [1.54, 1.807) is 18.0 Å². The van der Waals surface area contributed by atoms with Crippen molar-refractivity contribution in [3.05, 3.63) is 23.4 Å². The van der Waals surface area contributed by atoms with Crippen LogP contribution in [0.15, 0.2) is 12.3 Å². The molecule has 1 aliphatic heterocycles. The lowest BCUT2D eigenvalue weighted by Crippen LogP contribution is -2.17. The fourth-order valence-electron chi connectivity index (χ4n) is 1.37. The van der Waals surface area contributed by atoms with E-state index < -0.39 is 0 Å². The van der Waals surface area contributed by atoms with Crippen molar-refractivity contribution in [3.63, 3.8) is 0 Å². The van der Waals surface area contributed by atoms with E-state index in [0.29, 0.717) is 17.9 Å². The molecule has 0 saturated carbocycles. The average Bonchev–Trinajstić information content (AvgIpc) is 2.28. The smallest absolute Gasteiger partial charge is 0.255 e. The maximum Gasteiger partial charge on any atom is 0.255 e. The van der Waals surface area contributed by atoms with Crippen molar-refractivity contribution in [2.75, 3.05) is 12.8 Å². The molecular weight excluding hydrogens is 154 g/mol. The van der Waals surface area contributed by atoms with Crippen molar-refractivity contribution >= 4 is 11.7 Å². The van der Waals surface area contributed by atoms with Gasteiger partial charge in [0.05, 0.1) is 5.56 Å². The Bertz CT molecular complexity index is 348. The minimum Gasteiger partial charge on any atom is -0.384 e. The number of amides is 1. The summed E-state index contributed by atoms with van der Waals surface area (Å²) in [7, 11) is 1.76. The van der Waals surface area contributed by atoms with Crippen LogP contribution in [0.4, 0.5) is 5.82 Å². The molecule has 1 aromatic heterocycles. The molecule has 62 valence electrons. The fourth-order valence-corrected chi connectivity index (χ4v) is 1.37. The number of carbonyl (C=O) groups excluding carboxylic acids is 1. The monoisotopic (exact) mass is 163 g/mol. The number of aromatic nitrogens is 1. The Labute approximate surface area is 70.0 Å². The van der Waals surface area contributed by atoms with Gasteiger partial charge in [-0.25, -0.2) is 4.98 Å². The highest BCUT2D eigenvalue weighted by molar-refractivity contribution is 5.98. The first-order chi connectivity index (χ1) is 5.68. The predicted octanol–water partition coefficient (Wildman–Crippen LogP) is 0.249. The van der Waals surface area contributed by atoms with Gasteiger partial charge in [-0.2, -0.15) is 0 Å². The molecule has 2 N–H and O–H groups in total. The Morgan fingerprint density at radius 1 is 1.67 bits per heavy atom. The van der Waals surface area contributed by atoms with Gasteiger partial charge in [0.2, 0.25) is 0 Å². The first kappa shape index (κ1) is 7.09. The highest BCUT2D eigenvalue weighted by atomic mass is 16.2. The maximum atomic E-state index is 11.4. The molecule has 1 amide bonds. The Balaban J connectivity index is 2.54. The van der Waals surface area contributed by atoms with Crippen LogP contribution < -0.4 is 5.73 Å². The summed E-state index contributed by atoms with van der Waals surface area (Å²) in [4.78, 5) is 16.9. The quantitative estimate of drug-likeness (QED) is 0.596. The summed E-state index contributed by atoms with van der Waals surface area (Å²) in [6.07, 6.45) is 1.54. The molecule has 0 aromatic carbocycles. The largest absolute Gasteiger partial charge is 0.384 e. The minimum atomic E-state index is 0.0255. The third kappa shape index (κ3) is 0.845. The summed E-state index contributed by atoms with van der Waals surface area (Å²) in [5, 5.41) is 0. The van der Waals surface area contributed by atoms with Crippen molar-refractivity contribution in [3.8, 4) is 0 Å². The third-order valence-corrected chi connectivity index (χ3v) is 2.00. The second-order valence-corrected chi connectivity index (χ2v) is 2.93. The van der Waals surface area contributed by atoms with Crippen LogP contribution in [0.1, 0.15) is 15.9 Å². The molecule has 0 fully saturated rings. The molecule has 1 aromatic rings. The Morgan fingerprint density at radius 3 is 3.17 bits per heavy atom. The van der Waals surface area contributed by atoms with Gasteiger partial charge in [0.15, 0.2) is 0 Å². The van der Waals surface area contributed by atoms with E-state index in [0.717, 1.165) is 5.56 Å². The van der Waals surface area contributed by atoms with Crippen LogP contribution >= 0.6 is 0 Å². The van der Waals surface area contributed by atoms with Crippen LogP contribution in [0.3, 0.4) is 0 Å². The molecule has 0 saturated heterocycles. The van der Waals surface area contributed by atoms with Gasteiger partial charge in [-0.3, -0.25) is 4.79 Å². The number of hydrogen-bond donors (Lipinski definition) is 1. The second-order valence-electron chi connectivity index (χ2n) is 2.93. The second kappa shape index (κ2) is 2.20. The number of nitrogen functional groups attached to an aromatic ring is 1. The molecule has 4 nitrogen and oxygen atoms in total. The van der Waals surface area contributed by atoms with Crippen LogP contribution in [0.5, 0.6) is 0 Å². The predicted molar refractivity (Wildman–Crippen MR) is 44.4 cm³/mol. The summed E-state index contributed by atoms with van der Waals surface area (Å²) in [6.45, 7) is 0.640. The lowest BCUT2D eigenvalue weighted by Gasteiger charge is -2.04. The van der Waals surface area contributed by atoms with Gasteiger partial charge >= 0.3 is 0 Å². The highest BCUT2D eigenvalue weighted by Gasteiger charge is 2.24. The van der Waals surface area contributed by atoms with Crippen molar-refractivity contribution in [2.45, 2.75) is 6.54 Å². The van der Waals surface area contributed by atoms with Crippen LogP contribution in [0.25, 0.3) is 0 Å². The first-order valence-electron chi connectivity index (χ1n) is 3.68. The Kier molecular flexibility index (Phi) is 1.30. The zero-order valence-electron chi connectivity index (χ0n) is 6.74. The molecule has 0 aliphatic carbocycles. The van der Waals surface area contributed by atoms with E-state index in [2.05, 4.69) is 4.98 Å².